The summed E-state index contributed by atoms with van der Waals surface area (Å²) in [4.78, 5) is 0. The molecule has 1 heterocycles. The number of hydrogen-bond acceptors (Lipinski definition) is 2. The maximum atomic E-state index is 13.2. The summed E-state index contributed by atoms with van der Waals surface area (Å²) < 4.78 is 18.9. The van der Waals surface area contributed by atoms with Gasteiger partial charge in [0, 0.05) is 11.6 Å². The van der Waals surface area contributed by atoms with Crippen LogP contribution in [0, 0.1) is 11.7 Å². The van der Waals surface area contributed by atoms with E-state index in [2.05, 4.69) is 29.6 Å². The van der Waals surface area contributed by atoms with E-state index in [0.29, 0.717) is 18.4 Å². The molecule has 0 fully saturated rings. The maximum absolute atomic E-state index is 13.2. The number of hydrogen-bond donors (Lipinski definition) is 1. The lowest BCUT2D eigenvalue weighted by molar-refractivity contribution is 0.338. The molecule has 2 nitrogen and oxygen atoms in total. The Balaban J connectivity index is 1.72. The SMILES string of the molecule is CCOc1ccc2c(c1)[C@H]1C=CC[C@H]1[C@H](c1ccc(F)cc1)N2. The Bertz CT molecular complexity index is 738. The Morgan fingerprint density at radius 3 is 2.78 bits per heavy atom. The van der Waals surface area contributed by atoms with Crippen LogP contribution in [-0.4, -0.2) is 6.61 Å². The third kappa shape index (κ3) is 2.50. The van der Waals surface area contributed by atoms with E-state index < -0.39 is 0 Å². The minimum atomic E-state index is -0.188. The molecular formula is C20H20FNO. The molecule has 0 bridgehead atoms. The number of fused-ring (bicyclic) bond motifs is 3. The topological polar surface area (TPSA) is 21.3 Å². The highest BCUT2D eigenvalue weighted by atomic mass is 19.1. The van der Waals surface area contributed by atoms with Gasteiger partial charge < -0.3 is 10.1 Å². The van der Waals surface area contributed by atoms with Gasteiger partial charge in [-0.3, -0.25) is 0 Å². The zero-order valence-electron chi connectivity index (χ0n) is 13.1. The summed E-state index contributed by atoms with van der Waals surface area (Å²) in [5.74, 6) is 1.59. The summed E-state index contributed by atoms with van der Waals surface area (Å²) in [7, 11) is 0. The molecule has 0 spiro atoms. The molecule has 0 radical (unpaired) electrons. The number of anilines is 1. The van der Waals surface area contributed by atoms with Crippen LogP contribution < -0.4 is 10.1 Å². The van der Waals surface area contributed by atoms with E-state index in [1.165, 1.54) is 5.56 Å². The second-order valence-electron chi connectivity index (χ2n) is 6.21. The number of benzene rings is 2. The van der Waals surface area contributed by atoms with Gasteiger partial charge in [0.15, 0.2) is 0 Å². The summed E-state index contributed by atoms with van der Waals surface area (Å²) >= 11 is 0. The van der Waals surface area contributed by atoms with Gasteiger partial charge >= 0.3 is 0 Å². The molecule has 2 aliphatic rings. The van der Waals surface area contributed by atoms with Crippen molar-refractivity contribution in [3.05, 3.63) is 71.6 Å². The maximum Gasteiger partial charge on any atom is 0.123 e. The Morgan fingerprint density at radius 1 is 1.17 bits per heavy atom. The zero-order valence-corrected chi connectivity index (χ0v) is 13.1. The Kier molecular flexibility index (Phi) is 3.56. The van der Waals surface area contributed by atoms with Crippen molar-refractivity contribution in [3.8, 4) is 5.75 Å². The summed E-state index contributed by atoms with van der Waals surface area (Å²) in [6.07, 6.45) is 5.60. The molecule has 0 saturated heterocycles. The van der Waals surface area contributed by atoms with Crippen molar-refractivity contribution in [1.82, 2.24) is 0 Å². The average molecular weight is 309 g/mol. The van der Waals surface area contributed by atoms with Gasteiger partial charge in [-0.25, -0.2) is 4.39 Å². The third-order valence-electron chi connectivity index (χ3n) is 4.87. The first-order chi connectivity index (χ1) is 11.3. The highest BCUT2D eigenvalue weighted by Crippen LogP contribution is 2.50. The quantitative estimate of drug-likeness (QED) is 0.801. The predicted molar refractivity (Wildman–Crippen MR) is 90.4 cm³/mol. The fourth-order valence-electron chi connectivity index (χ4n) is 3.83. The smallest absolute Gasteiger partial charge is 0.123 e. The lowest BCUT2D eigenvalue weighted by Crippen LogP contribution is -2.29. The molecule has 0 amide bonds. The molecule has 3 heteroatoms. The van der Waals surface area contributed by atoms with Gasteiger partial charge in [0.2, 0.25) is 0 Å². The average Bonchev–Trinajstić information content (AvgIpc) is 3.05. The number of halogens is 1. The molecule has 2 aromatic rings. The van der Waals surface area contributed by atoms with Crippen LogP contribution in [0.15, 0.2) is 54.6 Å². The lowest BCUT2D eigenvalue weighted by atomic mass is 9.77. The first-order valence-electron chi connectivity index (χ1n) is 8.21. The van der Waals surface area contributed by atoms with Crippen molar-refractivity contribution in [3.63, 3.8) is 0 Å². The van der Waals surface area contributed by atoms with Crippen molar-refractivity contribution in [1.29, 1.82) is 0 Å². The van der Waals surface area contributed by atoms with E-state index in [1.54, 1.807) is 12.1 Å². The van der Waals surface area contributed by atoms with E-state index in [0.717, 1.165) is 23.4 Å². The van der Waals surface area contributed by atoms with E-state index in [9.17, 15) is 4.39 Å². The molecule has 2 aromatic carbocycles. The first kappa shape index (κ1) is 14.3. The van der Waals surface area contributed by atoms with Crippen molar-refractivity contribution in [2.75, 3.05) is 11.9 Å². The number of nitrogens with one attached hydrogen (secondary N) is 1. The van der Waals surface area contributed by atoms with Crippen LogP contribution in [0.3, 0.4) is 0 Å². The van der Waals surface area contributed by atoms with Crippen LogP contribution in [0.1, 0.15) is 36.4 Å². The normalized spacial score (nSPS) is 24.7. The van der Waals surface area contributed by atoms with Crippen molar-refractivity contribution >= 4 is 5.69 Å². The molecular weight excluding hydrogens is 289 g/mol. The highest BCUT2D eigenvalue weighted by molar-refractivity contribution is 5.61. The van der Waals surface area contributed by atoms with E-state index in [1.807, 2.05) is 25.1 Å². The first-order valence-corrected chi connectivity index (χ1v) is 8.21. The van der Waals surface area contributed by atoms with Gasteiger partial charge in [0.1, 0.15) is 11.6 Å². The summed E-state index contributed by atoms with van der Waals surface area (Å²) in [5.41, 5.74) is 3.59. The molecule has 1 aliphatic carbocycles. The summed E-state index contributed by atoms with van der Waals surface area (Å²) in [5, 5.41) is 3.66. The van der Waals surface area contributed by atoms with Crippen LogP contribution in [-0.2, 0) is 0 Å². The predicted octanol–water partition coefficient (Wildman–Crippen LogP) is 5.05. The number of allylic oxidation sites excluding steroid dienone is 2. The van der Waals surface area contributed by atoms with Crippen LogP contribution in [0.4, 0.5) is 10.1 Å². The largest absolute Gasteiger partial charge is 0.494 e. The van der Waals surface area contributed by atoms with Gasteiger partial charge in [-0.05, 0) is 60.7 Å². The van der Waals surface area contributed by atoms with Gasteiger partial charge in [0.05, 0.1) is 12.6 Å². The Morgan fingerprint density at radius 2 is 2.00 bits per heavy atom. The Hall–Kier alpha value is -2.29. The molecule has 4 rings (SSSR count). The van der Waals surface area contributed by atoms with Crippen LogP contribution in [0.2, 0.25) is 0 Å². The molecule has 1 aliphatic heterocycles. The van der Waals surface area contributed by atoms with Gasteiger partial charge in [-0.15, -0.1) is 0 Å². The second kappa shape index (κ2) is 5.73. The van der Waals surface area contributed by atoms with Crippen LogP contribution >= 0.6 is 0 Å². The Labute approximate surface area is 136 Å². The summed E-state index contributed by atoms with van der Waals surface area (Å²) in [6.45, 7) is 2.68. The molecule has 0 aromatic heterocycles. The molecule has 23 heavy (non-hydrogen) atoms. The van der Waals surface area contributed by atoms with Crippen LogP contribution in [0.5, 0.6) is 5.75 Å². The van der Waals surface area contributed by atoms with Gasteiger partial charge in [-0.1, -0.05) is 24.3 Å². The minimum absolute atomic E-state index is 0.188. The van der Waals surface area contributed by atoms with E-state index in [-0.39, 0.29) is 11.9 Å². The molecule has 118 valence electrons. The minimum Gasteiger partial charge on any atom is -0.494 e. The molecule has 3 atom stereocenters. The monoisotopic (exact) mass is 309 g/mol. The molecule has 1 N–H and O–H groups in total. The highest BCUT2D eigenvalue weighted by Gasteiger charge is 2.37. The van der Waals surface area contributed by atoms with Crippen LogP contribution in [0.25, 0.3) is 0 Å². The summed E-state index contributed by atoms with van der Waals surface area (Å²) in [6, 6.07) is 13.3. The van der Waals surface area contributed by atoms with Crippen molar-refractivity contribution in [2.24, 2.45) is 5.92 Å². The standard InChI is InChI=1S/C20H20FNO/c1-2-23-15-10-11-19-18(12-15)16-4-3-5-17(16)20(22-19)13-6-8-14(21)9-7-13/h3-4,6-12,16-17,20,22H,2,5H2,1H3/t16-,17+,20-/m0/s1. The van der Waals surface area contributed by atoms with Crippen molar-refractivity contribution in [2.45, 2.75) is 25.3 Å². The second-order valence-corrected chi connectivity index (χ2v) is 6.21. The van der Waals surface area contributed by atoms with E-state index >= 15 is 0 Å². The molecule has 0 unspecified atom stereocenters. The van der Waals surface area contributed by atoms with Gasteiger partial charge in [0.25, 0.3) is 0 Å². The fourth-order valence-corrected chi connectivity index (χ4v) is 3.83. The van der Waals surface area contributed by atoms with Gasteiger partial charge in [-0.2, -0.15) is 0 Å². The zero-order chi connectivity index (χ0) is 15.8. The molecule has 0 saturated carbocycles. The fraction of sp³-hybridized carbons (Fsp3) is 0.300. The number of ether oxygens (including phenoxy) is 1. The lowest BCUT2D eigenvalue weighted by Gasteiger charge is -2.37. The van der Waals surface area contributed by atoms with Crippen molar-refractivity contribution < 1.29 is 9.13 Å². The van der Waals surface area contributed by atoms with E-state index in [4.69, 9.17) is 4.74 Å². The number of rotatable bonds is 3. The third-order valence-corrected chi connectivity index (χ3v) is 4.87.